The van der Waals surface area contributed by atoms with E-state index in [1.165, 1.54) is 0 Å². The second-order valence-electron chi connectivity index (χ2n) is 4.35. The van der Waals surface area contributed by atoms with Gasteiger partial charge in [0, 0.05) is 17.4 Å². The molecule has 0 saturated carbocycles. The number of hydrogen-bond donors (Lipinski definition) is 0. The monoisotopic (exact) mass is 273 g/mol. The van der Waals surface area contributed by atoms with Gasteiger partial charge in [0.1, 0.15) is 0 Å². The molecule has 0 radical (unpaired) electrons. The van der Waals surface area contributed by atoms with Crippen molar-refractivity contribution >= 4 is 28.4 Å². The van der Waals surface area contributed by atoms with Gasteiger partial charge in [-0.25, -0.2) is 4.79 Å². The van der Waals surface area contributed by atoms with Gasteiger partial charge in [-0.15, -0.1) is 0 Å². The number of aryl methyl sites for hydroxylation is 1. The number of hydrogen-bond acceptors (Lipinski definition) is 4. The maximum atomic E-state index is 12.2. The van der Waals surface area contributed by atoms with Crippen molar-refractivity contribution < 1.29 is 19.1 Å². The Labute approximate surface area is 116 Å². The molecule has 0 bridgehead atoms. The summed E-state index contributed by atoms with van der Waals surface area (Å²) in [5.74, 6) is -2.19. The fourth-order valence-corrected chi connectivity index (χ4v) is 2.20. The Balaban J connectivity index is 2.35. The molecule has 20 heavy (non-hydrogen) atoms. The van der Waals surface area contributed by atoms with E-state index in [-0.39, 0.29) is 5.78 Å². The van der Waals surface area contributed by atoms with E-state index < -0.39 is 18.2 Å². The quantitative estimate of drug-likeness (QED) is 0.361. The molecule has 0 saturated heterocycles. The molecule has 0 N–H and O–H groups in total. The number of para-hydroxylation sites is 1. The van der Waals surface area contributed by atoms with Crippen molar-refractivity contribution in [2.45, 2.75) is 19.9 Å². The van der Waals surface area contributed by atoms with Gasteiger partial charge < -0.3 is 9.30 Å². The van der Waals surface area contributed by atoms with Crippen LogP contribution in [0.4, 0.5) is 0 Å². The van der Waals surface area contributed by atoms with Crippen LogP contribution in [0.5, 0.6) is 0 Å². The predicted molar refractivity (Wildman–Crippen MR) is 73.6 cm³/mol. The minimum Gasteiger partial charge on any atom is -0.463 e. The van der Waals surface area contributed by atoms with Gasteiger partial charge in [0.25, 0.3) is 0 Å². The first-order valence-electron chi connectivity index (χ1n) is 6.31. The molecule has 0 atom stereocenters. The number of nitrogens with zero attached hydrogens (tertiary/aromatic N) is 1. The first-order chi connectivity index (χ1) is 9.58. The van der Waals surface area contributed by atoms with Gasteiger partial charge in [0.2, 0.25) is 5.78 Å². The molecule has 2 aromatic rings. The molecule has 2 rings (SSSR count). The molecular formula is C15H15NO4. The minimum absolute atomic E-state index is 0.376. The Morgan fingerprint density at radius 3 is 2.55 bits per heavy atom. The van der Waals surface area contributed by atoms with Crippen LogP contribution in [0.15, 0.2) is 30.3 Å². The lowest BCUT2D eigenvalue weighted by Crippen LogP contribution is -2.20. The fourth-order valence-electron chi connectivity index (χ4n) is 2.20. The van der Waals surface area contributed by atoms with Gasteiger partial charge in [0.15, 0.2) is 5.78 Å². The topological polar surface area (TPSA) is 65.4 Å². The lowest BCUT2D eigenvalue weighted by Gasteiger charge is -2.06. The number of aromatic nitrogens is 1. The molecule has 5 heteroatoms. The maximum Gasteiger partial charge on any atom is 0.374 e. The van der Waals surface area contributed by atoms with Crippen LogP contribution in [-0.4, -0.2) is 29.2 Å². The average Bonchev–Trinajstić information content (AvgIpc) is 2.84. The number of benzene rings is 1. The van der Waals surface area contributed by atoms with E-state index in [1.807, 2.05) is 35.8 Å². The van der Waals surface area contributed by atoms with E-state index in [0.29, 0.717) is 12.2 Å². The molecule has 0 fully saturated rings. The summed E-state index contributed by atoms with van der Waals surface area (Å²) in [6.45, 7) is 2.53. The Morgan fingerprint density at radius 1 is 1.20 bits per heavy atom. The van der Waals surface area contributed by atoms with Gasteiger partial charge in [-0.1, -0.05) is 18.2 Å². The van der Waals surface area contributed by atoms with E-state index >= 15 is 0 Å². The second-order valence-corrected chi connectivity index (χ2v) is 4.35. The van der Waals surface area contributed by atoms with Crippen LogP contribution in [0.3, 0.4) is 0 Å². The summed E-state index contributed by atoms with van der Waals surface area (Å²) in [6.07, 6.45) is -0.469. The van der Waals surface area contributed by atoms with Crippen LogP contribution in [0.1, 0.15) is 23.8 Å². The average molecular weight is 273 g/mol. The minimum atomic E-state index is -0.988. The summed E-state index contributed by atoms with van der Waals surface area (Å²) in [7, 11) is 1.12. The van der Waals surface area contributed by atoms with Crippen molar-refractivity contribution in [3.8, 4) is 0 Å². The summed E-state index contributed by atoms with van der Waals surface area (Å²) in [5.41, 5.74) is 1.37. The van der Waals surface area contributed by atoms with Crippen molar-refractivity contribution in [3.63, 3.8) is 0 Å². The van der Waals surface area contributed by atoms with Crippen LogP contribution >= 0.6 is 0 Å². The number of carbonyl (C=O) groups is 3. The lowest BCUT2D eigenvalue weighted by molar-refractivity contribution is -0.151. The number of esters is 1. The molecule has 0 aliphatic carbocycles. The Morgan fingerprint density at radius 2 is 1.90 bits per heavy atom. The summed E-state index contributed by atoms with van der Waals surface area (Å²) >= 11 is 0. The summed E-state index contributed by atoms with van der Waals surface area (Å²) < 4.78 is 6.15. The summed E-state index contributed by atoms with van der Waals surface area (Å²) in [6, 6.07) is 9.34. The van der Waals surface area contributed by atoms with E-state index in [1.54, 1.807) is 6.07 Å². The number of methoxy groups -OCH3 is 1. The van der Waals surface area contributed by atoms with Crippen molar-refractivity contribution in [1.82, 2.24) is 4.57 Å². The van der Waals surface area contributed by atoms with E-state index in [2.05, 4.69) is 4.74 Å². The first kappa shape index (κ1) is 14.0. The van der Waals surface area contributed by atoms with Gasteiger partial charge in [-0.05, 0) is 19.1 Å². The van der Waals surface area contributed by atoms with Crippen molar-refractivity contribution in [1.29, 1.82) is 0 Å². The first-order valence-corrected chi connectivity index (χ1v) is 6.31. The van der Waals surface area contributed by atoms with Crippen LogP contribution in [0, 0.1) is 0 Å². The summed E-state index contributed by atoms with van der Waals surface area (Å²) in [5, 5.41) is 0.934. The van der Waals surface area contributed by atoms with Gasteiger partial charge >= 0.3 is 5.97 Å². The Hall–Kier alpha value is -2.43. The normalized spacial score (nSPS) is 10.5. The number of carbonyl (C=O) groups excluding carboxylic acids is 3. The zero-order valence-corrected chi connectivity index (χ0v) is 11.4. The summed E-state index contributed by atoms with van der Waals surface area (Å²) in [4.78, 5) is 34.7. The van der Waals surface area contributed by atoms with Gasteiger partial charge in [-0.3, -0.25) is 9.59 Å². The zero-order valence-electron chi connectivity index (χ0n) is 11.4. The highest BCUT2D eigenvalue weighted by atomic mass is 16.5. The highest BCUT2D eigenvalue weighted by molar-refractivity contribution is 6.38. The zero-order chi connectivity index (χ0) is 14.7. The van der Waals surface area contributed by atoms with E-state index in [0.717, 1.165) is 18.0 Å². The van der Waals surface area contributed by atoms with Crippen molar-refractivity contribution in [2.24, 2.45) is 0 Å². The predicted octanol–water partition coefficient (Wildman–Crippen LogP) is 1.98. The third kappa shape index (κ3) is 2.47. The Kier molecular flexibility index (Phi) is 3.98. The standard InChI is InChI=1S/C15H15NO4/c1-3-16-11-7-5-4-6-10(11)8-12(16)13(17)9-14(18)15(19)20-2/h4-8H,3,9H2,1-2H3. The van der Waals surface area contributed by atoms with Crippen molar-refractivity contribution in [2.75, 3.05) is 7.11 Å². The number of ether oxygens (including phenoxy) is 1. The molecular weight excluding hydrogens is 258 g/mol. The van der Waals surface area contributed by atoms with Crippen LogP contribution < -0.4 is 0 Å². The second kappa shape index (κ2) is 5.69. The van der Waals surface area contributed by atoms with Crippen molar-refractivity contribution in [3.05, 3.63) is 36.0 Å². The molecule has 0 spiro atoms. The maximum absolute atomic E-state index is 12.2. The molecule has 1 heterocycles. The van der Waals surface area contributed by atoms with E-state index in [9.17, 15) is 14.4 Å². The third-order valence-electron chi connectivity index (χ3n) is 3.15. The molecule has 5 nitrogen and oxygen atoms in total. The van der Waals surface area contributed by atoms with E-state index in [4.69, 9.17) is 0 Å². The van der Waals surface area contributed by atoms with Crippen LogP contribution in [0.2, 0.25) is 0 Å². The van der Waals surface area contributed by atoms with Gasteiger partial charge in [0.05, 0.1) is 19.2 Å². The molecule has 0 aliphatic rings. The number of Topliss-reactive ketones (excluding diaryl/α,β-unsaturated/α-hetero) is 2. The van der Waals surface area contributed by atoms with Crippen LogP contribution in [0.25, 0.3) is 10.9 Å². The molecule has 104 valence electrons. The molecule has 1 aromatic heterocycles. The number of fused-ring (bicyclic) bond motifs is 1. The third-order valence-corrected chi connectivity index (χ3v) is 3.15. The highest BCUT2D eigenvalue weighted by Crippen LogP contribution is 2.20. The molecule has 0 amide bonds. The van der Waals surface area contributed by atoms with Crippen LogP contribution in [-0.2, 0) is 20.9 Å². The fraction of sp³-hybridized carbons (Fsp3) is 0.267. The molecule has 0 aliphatic heterocycles. The SMILES string of the molecule is CCn1c(C(=O)CC(=O)C(=O)OC)cc2ccccc21. The largest absolute Gasteiger partial charge is 0.463 e. The number of ketones is 2. The Bertz CT molecular complexity index is 684. The number of rotatable bonds is 5. The van der Waals surface area contributed by atoms with Gasteiger partial charge in [-0.2, -0.15) is 0 Å². The lowest BCUT2D eigenvalue weighted by atomic mass is 10.1. The smallest absolute Gasteiger partial charge is 0.374 e. The molecule has 0 unspecified atom stereocenters. The molecule has 1 aromatic carbocycles. The highest BCUT2D eigenvalue weighted by Gasteiger charge is 2.22.